The lowest BCUT2D eigenvalue weighted by molar-refractivity contribution is 0.0691. The highest BCUT2D eigenvalue weighted by molar-refractivity contribution is 5.88. The monoisotopic (exact) mass is 490 g/mol. The second-order valence-electron chi connectivity index (χ2n) is 8.58. The zero-order valence-corrected chi connectivity index (χ0v) is 20.4. The van der Waals surface area contributed by atoms with Crippen molar-refractivity contribution in [2.24, 2.45) is 0 Å². The summed E-state index contributed by atoms with van der Waals surface area (Å²) >= 11 is 0. The summed E-state index contributed by atoms with van der Waals surface area (Å²) in [4.78, 5) is 29.7. The molecule has 10 heteroatoms. The fraction of sp³-hybridized carbons (Fsp3) is 0.346. The number of carboxylic acid groups (broad SMARTS) is 1. The number of ether oxygens (including phenoxy) is 1. The Morgan fingerprint density at radius 1 is 1.19 bits per heavy atom. The predicted octanol–water partition coefficient (Wildman–Crippen LogP) is 4.78. The van der Waals surface area contributed by atoms with Gasteiger partial charge in [-0.1, -0.05) is 13.8 Å². The lowest BCUT2D eigenvalue weighted by atomic mass is 10.0. The number of benzene rings is 1. The number of rotatable bonds is 6. The molecule has 6 rings (SSSR count). The molecule has 0 amide bonds. The van der Waals surface area contributed by atoms with Crippen LogP contribution >= 0.6 is 0 Å². The number of aryl methyl sites for hydroxylation is 1. The van der Waals surface area contributed by atoms with Gasteiger partial charge in [-0.15, -0.1) is 0 Å². The number of carboxylic acids is 1. The molecule has 1 aliphatic carbocycles. The number of carbonyl (C=O) groups is 1. The van der Waals surface area contributed by atoms with E-state index in [9.17, 15) is 14.3 Å². The minimum Gasteiger partial charge on any atom is -0.493 e. The molecule has 1 saturated carbocycles. The molecule has 1 aliphatic heterocycles. The molecule has 4 aromatic rings. The number of anilines is 1. The molecule has 0 atom stereocenters. The van der Waals surface area contributed by atoms with Gasteiger partial charge in [-0.05, 0) is 31.9 Å². The van der Waals surface area contributed by atoms with Gasteiger partial charge >= 0.3 is 5.97 Å². The maximum Gasteiger partial charge on any atom is 0.356 e. The van der Waals surface area contributed by atoms with Crippen LogP contribution in [-0.2, 0) is 13.0 Å². The molecule has 2 N–H and O–H groups in total. The summed E-state index contributed by atoms with van der Waals surface area (Å²) in [5.41, 5.74) is 3.77. The van der Waals surface area contributed by atoms with Gasteiger partial charge in [0.2, 0.25) is 5.95 Å². The first kappa shape index (κ1) is 23.7. The van der Waals surface area contributed by atoms with Crippen molar-refractivity contribution in [2.45, 2.75) is 52.5 Å². The normalized spacial score (nSPS) is 14.1. The number of halogens is 1. The Morgan fingerprint density at radius 2 is 1.97 bits per heavy atom. The van der Waals surface area contributed by atoms with Crippen LogP contribution in [-0.4, -0.2) is 42.0 Å². The van der Waals surface area contributed by atoms with Crippen molar-refractivity contribution in [3.05, 3.63) is 64.9 Å². The van der Waals surface area contributed by atoms with Crippen molar-refractivity contribution in [3.63, 3.8) is 0 Å². The van der Waals surface area contributed by atoms with Gasteiger partial charge in [0.05, 0.1) is 6.61 Å². The fourth-order valence-electron chi connectivity index (χ4n) is 4.36. The Kier molecular flexibility index (Phi) is 6.26. The minimum absolute atomic E-state index is 0.120. The lowest BCUT2D eigenvalue weighted by Crippen LogP contribution is -2.10. The third-order valence-corrected chi connectivity index (χ3v) is 6.30. The lowest BCUT2D eigenvalue weighted by Gasteiger charge is -2.13. The van der Waals surface area contributed by atoms with Crippen LogP contribution in [0.1, 0.15) is 65.7 Å². The number of nitrogens with one attached hydrogen (secondary N) is 1. The maximum atomic E-state index is 14.6. The summed E-state index contributed by atoms with van der Waals surface area (Å²) in [7, 11) is 0. The Morgan fingerprint density at radius 3 is 2.69 bits per heavy atom. The molecule has 0 radical (unpaired) electrons. The first-order chi connectivity index (χ1) is 17.5. The Bertz CT molecular complexity index is 1460. The van der Waals surface area contributed by atoms with Crippen molar-refractivity contribution in [1.29, 1.82) is 0 Å². The number of nitrogens with zero attached hydrogens (tertiary/aromatic N) is 5. The van der Waals surface area contributed by atoms with Gasteiger partial charge in [-0.3, -0.25) is 4.40 Å². The molecule has 0 saturated heterocycles. The van der Waals surface area contributed by atoms with Gasteiger partial charge in [0.15, 0.2) is 5.69 Å². The maximum absolute atomic E-state index is 14.6. The largest absolute Gasteiger partial charge is 0.493 e. The number of aromatic carboxylic acids is 1. The van der Waals surface area contributed by atoms with Gasteiger partial charge in [-0.25, -0.2) is 29.1 Å². The van der Waals surface area contributed by atoms with Crippen LogP contribution in [0, 0.1) is 12.7 Å². The molecule has 186 valence electrons. The van der Waals surface area contributed by atoms with Crippen molar-refractivity contribution < 1.29 is 19.0 Å². The van der Waals surface area contributed by atoms with E-state index in [2.05, 4.69) is 25.3 Å². The van der Waals surface area contributed by atoms with Crippen LogP contribution in [0.3, 0.4) is 0 Å². The van der Waals surface area contributed by atoms with E-state index >= 15 is 0 Å². The van der Waals surface area contributed by atoms with Crippen LogP contribution in [0.15, 0.2) is 30.7 Å². The second-order valence-corrected chi connectivity index (χ2v) is 8.58. The van der Waals surface area contributed by atoms with Crippen molar-refractivity contribution in [1.82, 2.24) is 24.3 Å². The standard InChI is InChI=1S/C24H21FN6O3.C2H6/c1-12-15(8-26-21(29-12)13-2-3-13)17-10-28-24(31-11-19(23(32)33)30-22(17)31)27-9-16-14-6-7-34-20(14)5-4-18(16)25;1-2/h4-5,8,10-11,13H,2-3,6-7,9H2,1H3,(H,27,28)(H,32,33);1-2H3. The van der Waals surface area contributed by atoms with Crippen LogP contribution in [0.5, 0.6) is 5.75 Å². The molecule has 9 nitrogen and oxygen atoms in total. The highest BCUT2D eigenvalue weighted by atomic mass is 19.1. The molecule has 0 bridgehead atoms. The van der Waals surface area contributed by atoms with E-state index in [1.807, 2.05) is 20.8 Å². The summed E-state index contributed by atoms with van der Waals surface area (Å²) in [6.45, 7) is 6.58. The molecule has 4 heterocycles. The van der Waals surface area contributed by atoms with E-state index in [0.29, 0.717) is 47.4 Å². The third kappa shape index (κ3) is 4.23. The van der Waals surface area contributed by atoms with E-state index < -0.39 is 5.97 Å². The Hall–Kier alpha value is -4.08. The molecule has 1 aromatic carbocycles. The van der Waals surface area contributed by atoms with Crippen LogP contribution in [0.4, 0.5) is 10.3 Å². The Labute approximate surface area is 207 Å². The number of aromatic nitrogens is 5. The molecular weight excluding hydrogens is 463 g/mol. The Balaban J connectivity index is 0.00000130. The average Bonchev–Trinajstić information content (AvgIpc) is 3.44. The van der Waals surface area contributed by atoms with Crippen molar-refractivity contribution >= 4 is 17.6 Å². The number of hydrogen-bond donors (Lipinski definition) is 2. The first-order valence-corrected chi connectivity index (χ1v) is 12.1. The van der Waals surface area contributed by atoms with E-state index in [4.69, 9.17) is 4.74 Å². The molecule has 0 spiro atoms. The summed E-state index contributed by atoms with van der Waals surface area (Å²) in [5.74, 6) is 0.814. The quantitative estimate of drug-likeness (QED) is 0.397. The SMILES string of the molecule is CC.Cc1nc(C2CC2)ncc1-c1cnc(NCc2c(F)ccc3c2CCO3)n2cc(C(=O)O)nc12. The summed E-state index contributed by atoms with van der Waals surface area (Å²) in [6.07, 6.45) is 7.61. The van der Waals surface area contributed by atoms with E-state index in [1.54, 1.807) is 22.9 Å². The zero-order valence-electron chi connectivity index (χ0n) is 20.4. The number of hydrogen-bond acceptors (Lipinski definition) is 7. The summed E-state index contributed by atoms with van der Waals surface area (Å²) in [6, 6.07) is 3.03. The highest BCUT2D eigenvalue weighted by Gasteiger charge is 2.27. The van der Waals surface area contributed by atoms with Crippen molar-refractivity contribution in [3.8, 4) is 16.9 Å². The molecular formula is C26H27FN6O3. The van der Waals surface area contributed by atoms with Crippen molar-refractivity contribution in [2.75, 3.05) is 11.9 Å². The summed E-state index contributed by atoms with van der Waals surface area (Å²) < 4.78 is 21.7. The van der Waals surface area contributed by atoms with Gasteiger partial charge in [0, 0.05) is 65.4 Å². The zero-order chi connectivity index (χ0) is 25.4. The van der Waals surface area contributed by atoms with Crippen LogP contribution in [0.25, 0.3) is 16.8 Å². The molecule has 0 unspecified atom stereocenters. The van der Waals surface area contributed by atoms with Gasteiger partial charge < -0.3 is 15.2 Å². The molecule has 3 aromatic heterocycles. The number of fused-ring (bicyclic) bond motifs is 2. The predicted molar refractivity (Wildman–Crippen MR) is 132 cm³/mol. The first-order valence-electron chi connectivity index (χ1n) is 12.1. The van der Waals surface area contributed by atoms with E-state index in [-0.39, 0.29) is 18.1 Å². The topological polar surface area (TPSA) is 115 Å². The second kappa shape index (κ2) is 9.52. The van der Waals surface area contributed by atoms with E-state index in [0.717, 1.165) is 35.5 Å². The third-order valence-electron chi connectivity index (χ3n) is 6.30. The van der Waals surface area contributed by atoms with Crippen LogP contribution < -0.4 is 10.1 Å². The number of imidazole rings is 1. The fourth-order valence-corrected chi connectivity index (χ4v) is 4.36. The summed E-state index contributed by atoms with van der Waals surface area (Å²) in [5, 5.41) is 12.7. The van der Waals surface area contributed by atoms with Crippen LogP contribution in [0.2, 0.25) is 0 Å². The minimum atomic E-state index is -1.15. The highest BCUT2D eigenvalue weighted by Crippen LogP contribution is 2.39. The smallest absolute Gasteiger partial charge is 0.356 e. The molecule has 1 fully saturated rings. The van der Waals surface area contributed by atoms with Gasteiger partial charge in [0.25, 0.3) is 0 Å². The van der Waals surface area contributed by atoms with Gasteiger partial charge in [-0.2, -0.15) is 0 Å². The molecule has 2 aliphatic rings. The molecule has 36 heavy (non-hydrogen) atoms. The average molecular weight is 491 g/mol. The van der Waals surface area contributed by atoms with E-state index in [1.165, 1.54) is 12.3 Å². The van der Waals surface area contributed by atoms with Gasteiger partial charge in [0.1, 0.15) is 23.0 Å².